The highest BCUT2D eigenvalue weighted by molar-refractivity contribution is 7.89. The van der Waals surface area contributed by atoms with Crippen LogP contribution in [0.15, 0.2) is 64.0 Å². The SMILES string of the molecule is CC[C@H](C)N(Cc1nc(-c2ccccc2)no1)C(=O)[C@@H]1CCCN(S(=O)(=O)c2ccc(C)cc2)C1. The Kier molecular flexibility index (Phi) is 7.66. The molecule has 1 fully saturated rings. The molecule has 8 nitrogen and oxygen atoms in total. The number of rotatable bonds is 8. The van der Waals surface area contributed by atoms with Crippen molar-refractivity contribution in [3.8, 4) is 11.4 Å². The average molecular weight is 497 g/mol. The van der Waals surface area contributed by atoms with Crippen LogP contribution in [-0.2, 0) is 21.4 Å². The van der Waals surface area contributed by atoms with Crippen LogP contribution in [0.5, 0.6) is 0 Å². The number of hydrogen-bond donors (Lipinski definition) is 0. The summed E-state index contributed by atoms with van der Waals surface area (Å²) in [6, 6.07) is 16.3. The maximum Gasteiger partial charge on any atom is 0.246 e. The number of sulfonamides is 1. The molecule has 3 aromatic rings. The maximum absolute atomic E-state index is 13.6. The number of amides is 1. The van der Waals surface area contributed by atoms with Crippen molar-refractivity contribution in [2.75, 3.05) is 13.1 Å². The number of nitrogens with zero attached hydrogens (tertiary/aromatic N) is 4. The highest BCUT2D eigenvalue weighted by Gasteiger charge is 2.36. The van der Waals surface area contributed by atoms with E-state index in [1.165, 1.54) is 4.31 Å². The minimum atomic E-state index is -3.66. The van der Waals surface area contributed by atoms with E-state index in [1.54, 1.807) is 29.2 Å². The van der Waals surface area contributed by atoms with Crippen molar-refractivity contribution in [3.05, 3.63) is 66.1 Å². The molecule has 0 unspecified atom stereocenters. The zero-order chi connectivity index (χ0) is 25.0. The summed E-state index contributed by atoms with van der Waals surface area (Å²) in [7, 11) is -3.66. The monoisotopic (exact) mass is 496 g/mol. The molecule has 0 aliphatic carbocycles. The summed E-state index contributed by atoms with van der Waals surface area (Å²) in [5, 5.41) is 4.07. The molecule has 0 saturated carbocycles. The second-order valence-electron chi connectivity index (χ2n) is 9.12. The number of carbonyl (C=O) groups excluding carboxylic acids is 1. The van der Waals surface area contributed by atoms with E-state index in [1.807, 2.05) is 51.1 Å². The molecule has 4 rings (SSSR count). The van der Waals surface area contributed by atoms with E-state index in [2.05, 4.69) is 10.1 Å². The van der Waals surface area contributed by atoms with Crippen molar-refractivity contribution in [3.63, 3.8) is 0 Å². The van der Waals surface area contributed by atoms with Gasteiger partial charge < -0.3 is 9.42 Å². The molecule has 9 heteroatoms. The fourth-order valence-corrected chi connectivity index (χ4v) is 5.82. The van der Waals surface area contributed by atoms with Crippen LogP contribution in [0.2, 0.25) is 0 Å². The molecule has 1 aromatic heterocycles. The molecule has 1 aliphatic rings. The van der Waals surface area contributed by atoms with Crippen LogP contribution in [0, 0.1) is 12.8 Å². The second-order valence-corrected chi connectivity index (χ2v) is 11.1. The highest BCUT2D eigenvalue weighted by Crippen LogP contribution is 2.27. The molecule has 0 spiro atoms. The first-order valence-electron chi connectivity index (χ1n) is 12.0. The van der Waals surface area contributed by atoms with Gasteiger partial charge in [-0.3, -0.25) is 4.79 Å². The second kappa shape index (κ2) is 10.7. The molecule has 1 aliphatic heterocycles. The van der Waals surface area contributed by atoms with E-state index >= 15 is 0 Å². The number of piperidine rings is 1. The van der Waals surface area contributed by atoms with E-state index in [9.17, 15) is 13.2 Å². The lowest BCUT2D eigenvalue weighted by atomic mass is 9.97. The molecule has 1 amide bonds. The fourth-order valence-electron chi connectivity index (χ4n) is 4.30. The number of benzene rings is 2. The lowest BCUT2D eigenvalue weighted by Gasteiger charge is -2.36. The van der Waals surface area contributed by atoms with Gasteiger partial charge in [0.05, 0.1) is 10.8 Å². The fraction of sp³-hybridized carbons (Fsp3) is 0.423. The molecule has 0 bridgehead atoms. The summed E-state index contributed by atoms with van der Waals surface area (Å²) in [5.41, 5.74) is 1.84. The van der Waals surface area contributed by atoms with Gasteiger partial charge in [0, 0.05) is 24.7 Å². The van der Waals surface area contributed by atoms with Gasteiger partial charge in [0.2, 0.25) is 27.6 Å². The topological polar surface area (TPSA) is 96.6 Å². The van der Waals surface area contributed by atoms with Gasteiger partial charge in [-0.15, -0.1) is 0 Å². The lowest BCUT2D eigenvalue weighted by molar-refractivity contribution is -0.140. The summed E-state index contributed by atoms with van der Waals surface area (Å²) >= 11 is 0. The number of aromatic nitrogens is 2. The first-order valence-corrected chi connectivity index (χ1v) is 13.5. The Morgan fingerprint density at radius 2 is 1.89 bits per heavy atom. The number of aryl methyl sites for hydroxylation is 1. The van der Waals surface area contributed by atoms with Gasteiger partial charge in [-0.05, 0) is 45.2 Å². The maximum atomic E-state index is 13.6. The van der Waals surface area contributed by atoms with Crippen LogP contribution < -0.4 is 0 Å². The zero-order valence-electron chi connectivity index (χ0n) is 20.4. The van der Waals surface area contributed by atoms with Crippen molar-refractivity contribution in [2.24, 2.45) is 5.92 Å². The van der Waals surface area contributed by atoms with Crippen molar-refractivity contribution < 1.29 is 17.7 Å². The molecule has 35 heavy (non-hydrogen) atoms. The Balaban J connectivity index is 1.51. The molecule has 1 saturated heterocycles. The first-order chi connectivity index (χ1) is 16.8. The van der Waals surface area contributed by atoms with Gasteiger partial charge in [-0.2, -0.15) is 9.29 Å². The predicted octanol–water partition coefficient (Wildman–Crippen LogP) is 4.27. The van der Waals surface area contributed by atoms with Crippen molar-refractivity contribution in [1.82, 2.24) is 19.3 Å². The van der Waals surface area contributed by atoms with E-state index in [0.29, 0.717) is 31.1 Å². The van der Waals surface area contributed by atoms with Gasteiger partial charge >= 0.3 is 0 Å². The molecule has 2 heterocycles. The standard InChI is InChI=1S/C26H32N4O4S/c1-4-20(3)30(18-24-27-25(28-34-24)21-9-6-5-7-10-21)26(31)22-11-8-16-29(17-22)35(32,33)23-14-12-19(2)13-15-23/h5-7,9-10,12-15,20,22H,4,8,11,16-18H2,1-3H3/t20-,22+/m0/s1. The van der Waals surface area contributed by atoms with Gasteiger partial charge in [0.1, 0.15) is 6.54 Å². The molecule has 0 radical (unpaired) electrons. The van der Waals surface area contributed by atoms with Crippen LogP contribution in [0.25, 0.3) is 11.4 Å². The van der Waals surface area contributed by atoms with Crippen molar-refractivity contribution in [1.29, 1.82) is 0 Å². The Hall–Kier alpha value is -3.04. The van der Waals surface area contributed by atoms with Crippen LogP contribution in [-0.4, -0.2) is 52.8 Å². The third-order valence-corrected chi connectivity index (χ3v) is 8.48. The van der Waals surface area contributed by atoms with E-state index in [-0.39, 0.29) is 29.9 Å². The Labute approximate surface area is 207 Å². The van der Waals surface area contributed by atoms with E-state index in [4.69, 9.17) is 4.52 Å². The minimum absolute atomic E-state index is 0.0568. The molecular weight excluding hydrogens is 464 g/mol. The highest BCUT2D eigenvalue weighted by atomic mass is 32.2. The smallest absolute Gasteiger partial charge is 0.246 e. The Morgan fingerprint density at radius 3 is 2.57 bits per heavy atom. The third kappa shape index (κ3) is 5.62. The van der Waals surface area contributed by atoms with Gasteiger partial charge in [0.15, 0.2) is 0 Å². The summed E-state index contributed by atoms with van der Waals surface area (Å²) < 4.78 is 33.4. The number of hydrogen-bond acceptors (Lipinski definition) is 6. The predicted molar refractivity (Wildman–Crippen MR) is 133 cm³/mol. The first kappa shape index (κ1) is 25.1. The summed E-state index contributed by atoms with van der Waals surface area (Å²) in [6.45, 7) is 6.68. The largest absolute Gasteiger partial charge is 0.337 e. The Bertz CT molecular complexity index is 1240. The van der Waals surface area contributed by atoms with Gasteiger partial charge in [-0.1, -0.05) is 60.1 Å². The third-order valence-electron chi connectivity index (χ3n) is 6.60. The quantitative estimate of drug-likeness (QED) is 0.462. The van der Waals surface area contributed by atoms with Crippen molar-refractivity contribution in [2.45, 2.75) is 57.5 Å². The minimum Gasteiger partial charge on any atom is -0.337 e. The molecule has 186 valence electrons. The zero-order valence-corrected chi connectivity index (χ0v) is 21.2. The van der Waals surface area contributed by atoms with Crippen molar-refractivity contribution >= 4 is 15.9 Å². The molecule has 2 aromatic carbocycles. The van der Waals surface area contributed by atoms with Crippen LogP contribution >= 0.6 is 0 Å². The molecule has 2 atom stereocenters. The van der Waals surface area contributed by atoms with Gasteiger partial charge in [-0.25, -0.2) is 8.42 Å². The Morgan fingerprint density at radius 1 is 1.17 bits per heavy atom. The van der Waals surface area contributed by atoms with Crippen LogP contribution in [0.3, 0.4) is 0 Å². The summed E-state index contributed by atoms with van der Waals surface area (Å²) in [4.78, 5) is 20.1. The normalized spacial score (nSPS) is 17.7. The van der Waals surface area contributed by atoms with Crippen LogP contribution in [0.1, 0.15) is 44.6 Å². The van der Waals surface area contributed by atoms with E-state index < -0.39 is 15.9 Å². The average Bonchev–Trinajstić information content (AvgIpc) is 3.36. The number of carbonyl (C=O) groups is 1. The molecule has 0 N–H and O–H groups in total. The lowest BCUT2D eigenvalue weighted by Crippen LogP contribution is -2.48. The van der Waals surface area contributed by atoms with Gasteiger partial charge in [0.25, 0.3) is 0 Å². The van der Waals surface area contributed by atoms with Crippen LogP contribution in [0.4, 0.5) is 0 Å². The molecular formula is C26H32N4O4S. The van der Waals surface area contributed by atoms with E-state index in [0.717, 1.165) is 17.5 Å². The summed E-state index contributed by atoms with van der Waals surface area (Å²) in [5.74, 6) is 0.333. The summed E-state index contributed by atoms with van der Waals surface area (Å²) in [6.07, 6.45) is 2.03.